The molecule has 1 aromatic heterocycles. The van der Waals surface area contributed by atoms with Gasteiger partial charge in [-0.25, -0.2) is 8.42 Å². The molecule has 2 aromatic rings. The first-order valence-corrected chi connectivity index (χ1v) is 9.74. The number of nitrogens with one attached hydrogen (secondary N) is 1. The number of hydrogen-bond donors (Lipinski definition) is 1. The lowest BCUT2D eigenvalue weighted by molar-refractivity contribution is 0.0990. The molecular formula is C18H21N3O3S. The highest BCUT2D eigenvalue weighted by molar-refractivity contribution is 7.89. The molecule has 25 heavy (non-hydrogen) atoms. The summed E-state index contributed by atoms with van der Waals surface area (Å²) in [4.78, 5) is 16.5. The highest BCUT2D eigenvalue weighted by Gasteiger charge is 2.27. The van der Waals surface area contributed by atoms with Crippen molar-refractivity contribution in [3.63, 3.8) is 0 Å². The molecule has 2 heterocycles. The molecule has 3 rings (SSSR count). The van der Waals surface area contributed by atoms with E-state index in [-0.39, 0.29) is 17.2 Å². The second kappa shape index (κ2) is 7.86. The van der Waals surface area contributed by atoms with Gasteiger partial charge >= 0.3 is 0 Å². The Morgan fingerprint density at radius 2 is 1.84 bits per heavy atom. The molecule has 132 valence electrons. The zero-order valence-corrected chi connectivity index (χ0v) is 14.7. The van der Waals surface area contributed by atoms with Crippen molar-refractivity contribution in [1.29, 1.82) is 0 Å². The highest BCUT2D eigenvalue weighted by atomic mass is 32.2. The Kier molecular flexibility index (Phi) is 5.57. The van der Waals surface area contributed by atoms with Gasteiger partial charge in [-0.3, -0.25) is 9.78 Å². The van der Waals surface area contributed by atoms with E-state index in [0.717, 1.165) is 18.4 Å². The maximum atomic E-state index is 12.6. The fourth-order valence-electron chi connectivity index (χ4n) is 2.83. The van der Waals surface area contributed by atoms with E-state index >= 15 is 0 Å². The van der Waals surface area contributed by atoms with Gasteiger partial charge in [0.05, 0.1) is 11.4 Å². The van der Waals surface area contributed by atoms with Crippen LogP contribution in [0.5, 0.6) is 0 Å². The molecule has 0 amide bonds. The second-order valence-corrected chi connectivity index (χ2v) is 7.96. The summed E-state index contributed by atoms with van der Waals surface area (Å²) >= 11 is 0. The third-order valence-electron chi connectivity index (χ3n) is 4.22. The summed E-state index contributed by atoms with van der Waals surface area (Å²) in [7, 11) is -3.50. The molecule has 0 bridgehead atoms. The molecule has 1 aliphatic rings. The molecular weight excluding hydrogens is 338 g/mol. The van der Waals surface area contributed by atoms with E-state index in [1.807, 2.05) is 12.1 Å². The van der Waals surface area contributed by atoms with E-state index in [1.165, 1.54) is 10.4 Å². The fraction of sp³-hybridized carbons (Fsp3) is 0.333. The second-order valence-electron chi connectivity index (χ2n) is 6.02. The zero-order valence-electron chi connectivity index (χ0n) is 13.9. The van der Waals surface area contributed by atoms with Crippen LogP contribution in [0.15, 0.2) is 53.7 Å². The Morgan fingerprint density at radius 1 is 1.12 bits per heavy atom. The van der Waals surface area contributed by atoms with Crippen molar-refractivity contribution in [1.82, 2.24) is 14.6 Å². The van der Waals surface area contributed by atoms with E-state index < -0.39 is 10.0 Å². The molecule has 0 radical (unpaired) electrons. The van der Waals surface area contributed by atoms with Gasteiger partial charge in [0, 0.05) is 37.6 Å². The molecule has 0 unspecified atom stereocenters. The van der Waals surface area contributed by atoms with Gasteiger partial charge < -0.3 is 5.32 Å². The van der Waals surface area contributed by atoms with Gasteiger partial charge in [-0.2, -0.15) is 4.31 Å². The molecule has 1 fully saturated rings. The number of ketones is 1. The van der Waals surface area contributed by atoms with Crippen molar-refractivity contribution in [2.24, 2.45) is 0 Å². The number of rotatable bonds is 7. The number of Topliss-reactive ketones (excluding diaryl/α,β-unsaturated/α-hetero) is 1. The summed E-state index contributed by atoms with van der Waals surface area (Å²) in [6.07, 6.45) is 5.17. The number of aromatic nitrogens is 1. The lowest BCUT2D eigenvalue weighted by atomic mass is 10.1. The number of sulfonamides is 1. The third kappa shape index (κ3) is 4.31. The van der Waals surface area contributed by atoms with Crippen LogP contribution in [0.2, 0.25) is 0 Å². The third-order valence-corrected chi connectivity index (χ3v) is 6.12. The van der Waals surface area contributed by atoms with Gasteiger partial charge in [-0.15, -0.1) is 0 Å². The lowest BCUT2D eigenvalue weighted by Gasteiger charge is -2.16. The minimum absolute atomic E-state index is 0.132. The van der Waals surface area contributed by atoms with Crippen molar-refractivity contribution in [2.45, 2.75) is 24.3 Å². The van der Waals surface area contributed by atoms with Crippen LogP contribution in [0.1, 0.15) is 28.8 Å². The normalized spacial score (nSPS) is 15.4. The molecule has 1 N–H and O–H groups in total. The number of hydrogen-bond acceptors (Lipinski definition) is 5. The quantitative estimate of drug-likeness (QED) is 0.763. The predicted octanol–water partition coefficient (Wildman–Crippen LogP) is 1.84. The first-order chi connectivity index (χ1) is 12.1. The molecule has 1 aromatic carbocycles. The standard InChI is InChI=1S/C18H21N3O3S/c22-18(14-20-13-15-6-8-19-9-7-15)16-4-3-5-17(12-16)25(23,24)21-10-1-2-11-21/h3-9,12,20H,1-2,10-11,13-14H2. The Morgan fingerprint density at radius 3 is 2.56 bits per heavy atom. The van der Waals surface area contributed by atoms with Crippen LogP contribution >= 0.6 is 0 Å². The summed E-state index contributed by atoms with van der Waals surface area (Å²) in [6, 6.07) is 10.1. The smallest absolute Gasteiger partial charge is 0.243 e. The average molecular weight is 359 g/mol. The molecule has 7 heteroatoms. The van der Waals surface area contributed by atoms with Crippen molar-refractivity contribution >= 4 is 15.8 Å². The van der Waals surface area contributed by atoms with Gasteiger partial charge in [0.25, 0.3) is 0 Å². The summed E-state index contributed by atoms with van der Waals surface area (Å²) < 4.78 is 26.7. The minimum atomic E-state index is -3.50. The Bertz CT molecular complexity index is 832. The van der Waals surface area contributed by atoms with Gasteiger partial charge in [0.15, 0.2) is 5.78 Å². The van der Waals surface area contributed by atoms with Gasteiger partial charge in [-0.05, 0) is 42.7 Å². The SMILES string of the molecule is O=C(CNCc1ccncc1)c1cccc(S(=O)(=O)N2CCCC2)c1. The van der Waals surface area contributed by atoms with E-state index in [4.69, 9.17) is 0 Å². The molecule has 0 spiro atoms. The van der Waals surface area contributed by atoms with E-state index in [2.05, 4.69) is 10.3 Å². The van der Waals surface area contributed by atoms with Crippen LogP contribution in [-0.4, -0.2) is 43.1 Å². The van der Waals surface area contributed by atoms with Gasteiger partial charge in [0.2, 0.25) is 10.0 Å². The Hall–Kier alpha value is -2.09. The predicted molar refractivity (Wildman–Crippen MR) is 94.7 cm³/mol. The van der Waals surface area contributed by atoms with Crippen LogP contribution in [0.25, 0.3) is 0 Å². The van der Waals surface area contributed by atoms with Crippen molar-refractivity contribution in [2.75, 3.05) is 19.6 Å². The topological polar surface area (TPSA) is 79.4 Å². The molecule has 0 atom stereocenters. The van der Waals surface area contributed by atoms with Crippen LogP contribution in [-0.2, 0) is 16.6 Å². The first kappa shape index (κ1) is 17.7. The summed E-state index contributed by atoms with van der Waals surface area (Å²) in [6.45, 7) is 1.80. The zero-order chi connectivity index (χ0) is 17.7. The van der Waals surface area contributed by atoms with Crippen LogP contribution in [0.3, 0.4) is 0 Å². The van der Waals surface area contributed by atoms with E-state index in [0.29, 0.717) is 25.2 Å². The van der Waals surface area contributed by atoms with Crippen LogP contribution in [0, 0.1) is 0 Å². The van der Waals surface area contributed by atoms with E-state index in [1.54, 1.807) is 30.6 Å². The van der Waals surface area contributed by atoms with Crippen molar-refractivity contribution in [3.8, 4) is 0 Å². The van der Waals surface area contributed by atoms with Crippen molar-refractivity contribution in [3.05, 3.63) is 59.9 Å². The van der Waals surface area contributed by atoms with Gasteiger partial charge in [-0.1, -0.05) is 12.1 Å². The maximum Gasteiger partial charge on any atom is 0.243 e. The summed E-state index contributed by atoms with van der Waals surface area (Å²) in [5.41, 5.74) is 1.44. The molecule has 0 aliphatic carbocycles. The van der Waals surface area contributed by atoms with E-state index in [9.17, 15) is 13.2 Å². The average Bonchev–Trinajstić information content (AvgIpc) is 3.18. The minimum Gasteiger partial charge on any atom is -0.306 e. The summed E-state index contributed by atoms with van der Waals surface area (Å²) in [5, 5.41) is 3.08. The van der Waals surface area contributed by atoms with Crippen LogP contribution in [0.4, 0.5) is 0 Å². The van der Waals surface area contributed by atoms with Crippen LogP contribution < -0.4 is 5.32 Å². The number of benzene rings is 1. The molecule has 0 saturated carbocycles. The van der Waals surface area contributed by atoms with Crippen molar-refractivity contribution < 1.29 is 13.2 Å². The Balaban J connectivity index is 1.65. The summed E-state index contributed by atoms with van der Waals surface area (Å²) in [5.74, 6) is -0.132. The fourth-order valence-corrected chi connectivity index (χ4v) is 4.39. The number of pyridine rings is 1. The maximum absolute atomic E-state index is 12.6. The lowest BCUT2D eigenvalue weighted by Crippen LogP contribution is -2.28. The molecule has 1 aliphatic heterocycles. The number of carbonyl (C=O) groups excluding carboxylic acids is 1. The Labute approximate surface area is 147 Å². The molecule has 1 saturated heterocycles. The first-order valence-electron chi connectivity index (χ1n) is 8.30. The van der Waals surface area contributed by atoms with Gasteiger partial charge in [0.1, 0.15) is 0 Å². The largest absolute Gasteiger partial charge is 0.306 e. The highest BCUT2D eigenvalue weighted by Crippen LogP contribution is 2.21. The monoisotopic (exact) mass is 359 g/mol. The number of carbonyl (C=O) groups is 1. The molecule has 6 nitrogen and oxygen atoms in total. The number of nitrogens with zero attached hydrogens (tertiary/aromatic N) is 2.